The van der Waals surface area contributed by atoms with Crippen molar-refractivity contribution in [3.8, 4) is 16.9 Å². The number of aromatic nitrogens is 1. The molecule has 0 unspecified atom stereocenters. The molecule has 0 aliphatic carbocycles. The van der Waals surface area contributed by atoms with Crippen molar-refractivity contribution in [3.63, 3.8) is 0 Å². The molecule has 0 spiro atoms. The standard InChI is InChI=1S/C24H17N3O7S3/c1-13-11-17(14-7-3-2-4-8-14)20-22(23(13)37(32,33)34)35-24(25-20)27-26-18-12-19(36(29,30)31)15-9-5-6-10-16(15)21(18)28/h2-12,28H,1H3,(H,29,30,31)(H,32,33,34)/b27-26+. The molecule has 5 aromatic rings. The smallest absolute Gasteiger partial charge is 0.296 e. The van der Waals surface area contributed by atoms with Gasteiger partial charge in [0, 0.05) is 16.3 Å². The first-order chi connectivity index (χ1) is 17.4. The molecule has 3 N–H and O–H groups in total. The number of benzene rings is 4. The summed E-state index contributed by atoms with van der Waals surface area (Å²) in [6.07, 6.45) is 0. The third-order valence-corrected chi connectivity index (χ3v) is 8.64. The number of azo groups is 1. The van der Waals surface area contributed by atoms with E-state index in [1.807, 2.05) is 30.3 Å². The van der Waals surface area contributed by atoms with Crippen molar-refractivity contribution >= 4 is 63.4 Å². The number of thiazole rings is 1. The van der Waals surface area contributed by atoms with Gasteiger partial charge in [0.25, 0.3) is 20.2 Å². The summed E-state index contributed by atoms with van der Waals surface area (Å²) >= 11 is 0.852. The summed E-state index contributed by atoms with van der Waals surface area (Å²) in [5.41, 5.74) is 1.70. The van der Waals surface area contributed by atoms with Crippen molar-refractivity contribution in [1.29, 1.82) is 0 Å². The largest absolute Gasteiger partial charge is 0.505 e. The minimum Gasteiger partial charge on any atom is -0.505 e. The number of aryl methyl sites for hydroxylation is 1. The van der Waals surface area contributed by atoms with E-state index in [2.05, 4.69) is 15.2 Å². The van der Waals surface area contributed by atoms with Gasteiger partial charge in [0.2, 0.25) is 5.13 Å². The van der Waals surface area contributed by atoms with Crippen molar-refractivity contribution in [2.45, 2.75) is 16.7 Å². The summed E-state index contributed by atoms with van der Waals surface area (Å²) in [4.78, 5) is 3.65. The van der Waals surface area contributed by atoms with Crippen LogP contribution in [-0.4, -0.2) is 36.0 Å². The fraction of sp³-hybridized carbons (Fsp3) is 0.0417. The zero-order valence-electron chi connectivity index (χ0n) is 18.9. The van der Waals surface area contributed by atoms with Gasteiger partial charge >= 0.3 is 0 Å². The summed E-state index contributed by atoms with van der Waals surface area (Å²) in [6, 6.07) is 17.7. The van der Waals surface area contributed by atoms with Crippen molar-refractivity contribution in [3.05, 3.63) is 72.3 Å². The first kappa shape index (κ1) is 24.9. The number of phenolic OH excluding ortho intramolecular Hbond substituents is 1. The summed E-state index contributed by atoms with van der Waals surface area (Å²) < 4.78 is 68.0. The maximum atomic E-state index is 12.2. The predicted octanol–water partition coefficient (Wildman–Crippen LogP) is 6.04. The molecule has 0 radical (unpaired) electrons. The molecule has 0 fully saturated rings. The van der Waals surface area contributed by atoms with Crippen LogP contribution in [-0.2, 0) is 20.2 Å². The van der Waals surface area contributed by atoms with E-state index in [-0.39, 0.29) is 42.5 Å². The molecular formula is C24H17N3O7S3. The monoisotopic (exact) mass is 555 g/mol. The van der Waals surface area contributed by atoms with E-state index in [4.69, 9.17) is 0 Å². The Hall–Kier alpha value is -3.75. The fourth-order valence-electron chi connectivity index (χ4n) is 4.07. The Morgan fingerprint density at radius 2 is 1.49 bits per heavy atom. The van der Waals surface area contributed by atoms with Crippen molar-refractivity contribution < 1.29 is 31.0 Å². The molecule has 1 aromatic heterocycles. The average molecular weight is 556 g/mol. The lowest BCUT2D eigenvalue weighted by atomic mass is 10.0. The van der Waals surface area contributed by atoms with Gasteiger partial charge in [-0.25, -0.2) is 4.98 Å². The summed E-state index contributed by atoms with van der Waals surface area (Å²) in [6.45, 7) is 1.56. The summed E-state index contributed by atoms with van der Waals surface area (Å²) in [5.74, 6) is -0.368. The predicted molar refractivity (Wildman–Crippen MR) is 139 cm³/mol. The molecule has 1 heterocycles. The molecule has 13 heteroatoms. The van der Waals surface area contributed by atoms with Gasteiger partial charge in [-0.1, -0.05) is 65.9 Å². The third kappa shape index (κ3) is 4.58. The molecule has 0 amide bonds. The van der Waals surface area contributed by atoms with Gasteiger partial charge < -0.3 is 5.11 Å². The highest BCUT2D eigenvalue weighted by Crippen LogP contribution is 2.43. The third-order valence-electron chi connectivity index (χ3n) is 5.62. The van der Waals surface area contributed by atoms with Crippen LogP contribution in [0.5, 0.6) is 5.75 Å². The molecule has 5 rings (SSSR count). The minimum absolute atomic E-state index is 0.0105. The molecular weight excluding hydrogens is 538 g/mol. The SMILES string of the molecule is Cc1cc(-c2ccccc2)c2nc(/N=N/c3cc(S(=O)(=O)O)c4ccccc4c3O)sc2c1S(=O)(=O)O. The van der Waals surface area contributed by atoms with E-state index in [9.17, 15) is 31.0 Å². The highest BCUT2D eigenvalue weighted by atomic mass is 32.2. The van der Waals surface area contributed by atoms with Crippen LogP contribution in [0.3, 0.4) is 0 Å². The number of hydrogen-bond acceptors (Lipinski definition) is 9. The molecule has 0 saturated carbocycles. The van der Waals surface area contributed by atoms with Crippen LogP contribution in [0.15, 0.2) is 86.7 Å². The molecule has 188 valence electrons. The van der Waals surface area contributed by atoms with E-state index in [0.717, 1.165) is 23.0 Å². The lowest BCUT2D eigenvalue weighted by Crippen LogP contribution is -2.02. The second-order valence-electron chi connectivity index (χ2n) is 8.05. The average Bonchev–Trinajstić information content (AvgIpc) is 3.25. The van der Waals surface area contributed by atoms with E-state index in [1.165, 1.54) is 12.1 Å². The quantitative estimate of drug-likeness (QED) is 0.174. The van der Waals surface area contributed by atoms with Gasteiger partial charge in [-0.15, -0.1) is 10.2 Å². The van der Waals surface area contributed by atoms with Gasteiger partial charge in [-0.2, -0.15) is 16.8 Å². The molecule has 0 saturated heterocycles. The second kappa shape index (κ2) is 8.97. The van der Waals surface area contributed by atoms with Crippen LogP contribution < -0.4 is 0 Å². The van der Waals surface area contributed by atoms with Gasteiger partial charge in [0.05, 0.1) is 10.2 Å². The maximum Gasteiger partial charge on any atom is 0.296 e. The lowest BCUT2D eigenvalue weighted by molar-refractivity contribution is 0.478. The number of aromatic hydroxyl groups is 1. The Bertz CT molecular complexity index is 1950. The second-order valence-corrected chi connectivity index (χ2v) is 11.8. The van der Waals surface area contributed by atoms with Gasteiger partial charge in [0.1, 0.15) is 15.5 Å². The number of fused-ring (bicyclic) bond motifs is 2. The Balaban J connectivity index is 1.72. The highest BCUT2D eigenvalue weighted by molar-refractivity contribution is 7.86. The molecule has 0 bridgehead atoms. The van der Waals surface area contributed by atoms with Crippen molar-refractivity contribution in [2.24, 2.45) is 10.2 Å². The minimum atomic E-state index is -4.66. The number of phenols is 1. The van der Waals surface area contributed by atoms with Gasteiger partial charge in [-0.3, -0.25) is 9.11 Å². The summed E-state index contributed by atoms with van der Waals surface area (Å²) in [7, 11) is -9.26. The van der Waals surface area contributed by atoms with Crippen LogP contribution in [0.2, 0.25) is 0 Å². The Labute approximate surface area is 215 Å². The van der Waals surface area contributed by atoms with Crippen LogP contribution in [0.4, 0.5) is 10.8 Å². The van der Waals surface area contributed by atoms with E-state index in [1.54, 1.807) is 25.1 Å². The topological polar surface area (TPSA) is 167 Å². The molecule has 0 aliphatic rings. The molecule has 37 heavy (non-hydrogen) atoms. The first-order valence-corrected chi connectivity index (χ1v) is 14.3. The molecule has 4 aromatic carbocycles. The van der Waals surface area contributed by atoms with E-state index >= 15 is 0 Å². The van der Waals surface area contributed by atoms with Crippen molar-refractivity contribution in [1.82, 2.24) is 4.98 Å². The van der Waals surface area contributed by atoms with E-state index in [0.29, 0.717) is 11.1 Å². The first-order valence-electron chi connectivity index (χ1n) is 10.6. The molecule has 0 aliphatic heterocycles. The Morgan fingerprint density at radius 1 is 0.838 bits per heavy atom. The van der Waals surface area contributed by atoms with Crippen LogP contribution in [0, 0.1) is 6.92 Å². The van der Waals surface area contributed by atoms with Gasteiger partial charge in [-0.05, 0) is 30.2 Å². The Morgan fingerprint density at radius 3 is 2.14 bits per heavy atom. The Kier molecular flexibility index (Phi) is 6.04. The van der Waals surface area contributed by atoms with E-state index < -0.39 is 25.1 Å². The summed E-state index contributed by atoms with van der Waals surface area (Å²) in [5, 5.41) is 18.9. The molecule has 0 atom stereocenters. The number of rotatable bonds is 5. The van der Waals surface area contributed by atoms with Crippen LogP contribution >= 0.6 is 11.3 Å². The fourth-order valence-corrected chi connectivity index (χ4v) is 6.94. The molecule has 10 nitrogen and oxygen atoms in total. The van der Waals surface area contributed by atoms with Gasteiger partial charge in [0.15, 0.2) is 5.75 Å². The zero-order valence-corrected chi connectivity index (χ0v) is 21.3. The highest BCUT2D eigenvalue weighted by Gasteiger charge is 2.24. The van der Waals surface area contributed by atoms with Crippen LogP contribution in [0.1, 0.15) is 5.56 Å². The number of hydrogen-bond donors (Lipinski definition) is 3. The number of nitrogens with zero attached hydrogens (tertiary/aromatic N) is 3. The maximum absolute atomic E-state index is 12.2. The zero-order chi connectivity index (χ0) is 26.5. The normalized spacial score (nSPS) is 12.6. The van der Waals surface area contributed by atoms with Crippen LogP contribution in [0.25, 0.3) is 32.1 Å². The van der Waals surface area contributed by atoms with Crippen molar-refractivity contribution in [2.75, 3.05) is 0 Å². The lowest BCUT2D eigenvalue weighted by Gasteiger charge is -2.08.